The summed E-state index contributed by atoms with van der Waals surface area (Å²) in [6, 6.07) is 5.93. The first kappa shape index (κ1) is 25.1. The first-order chi connectivity index (χ1) is 15.8. The maximum Gasteiger partial charge on any atom is 0.326 e. The molecule has 0 spiro atoms. The van der Waals surface area contributed by atoms with Gasteiger partial charge in [-0.3, -0.25) is 4.79 Å². The number of para-hydroxylation sites is 1. The van der Waals surface area contributed by atoms with Crippen molar-refractivity contribution in [2.45, 2.75) is 75.7 Å². The fourth-order valence-corrected chi connectivity index (χ4v) is 4.18. The number of benzene rings is 1. The van der Waals surface area contributed by atoms with Crippen molar-refractivity contribution in [3.05, 3.63) is 36.0 Å². The lowest BCUT2D eigenvalue weighted by atomic mass is 9.98. The minimum Gasteiger partial charge on any atom is -0.480 e. The second-order valence-electron chi connectivity index (χ2n) is 8.42. The third-order valence-corrected chi connectivity index (χ3v) is 6.03. The van der Waals surface area contributed by atoms with Crippen molar-refractivity contribution < 1.29 is 39.9 Å². The first-order valence-corrected chi connectivity index (χ1v) is 11.2. The number of unbranched alkanes of at least 4 members (excludes halogenated alkanes) is 2. The molecule has 10 nitrogen and oxygen atoms in total. The zero-order valence-electron chi connectivity index (χ0n) is 18.5. The highest BCUT2D eigenvalue weighted by Crippen LogP contribution is 2.33. The number of hydrogen-bond acceptors (Lipinski definition) is 7. The standard InChI is InChI=1S/C23H32N2O8/c1-2-3-4-9-18(27)24-15(23(31)32)10-13-11-25(16-8-6-5-7-14(13)16)22-21(30)20(29)19(28)17(12-26)33-22/h5-8,11,15,17,19-22,26,28-30H,2-4,9-10,12H2,1H3,(H,24,27)(H,31,32)/t15-,17-,19-,20-,21-,22-/m0/s1. The Morgan fingerprint density at radius 1 is 1.12 bits per heavy atom. The van der Waals surface area contributed by atoms with Crippen LogP contribution < -0.4 is 5.32 Å². The van der Waals surface area contributed by atoms with E-state index in [0.717, 1.165) is 12.8 Å². The van der Waals surface area contributed by atoms with Gasteiger partial charge in [0.05, 0.1) is 12.1 Å². The molecule has 1 aliphatic rings. The highest BCUT2D eigenvalue weighted by Gasteiger charge is 2.44. The quantitative estimate of drug-likeness (QED) is 0.274. The van der Waals surface area contributed by atoms with Gasteiger partial charge in [-0.2, -0.15) is 0 Å². The van der Waals surface area contributed by atoms with Crippen LogP contribution in [0.1, 0.15) is 44.4 Å². The van der Waals surface area contributed by atoms with Gasteiger partial charge in [0.2, 0.25) is 5.91 Å². The Kier molecular flexibility index (Phi) is 8.44. The number of aliphatic hydroxyl groups excluding tert-OH is 4. The normalized spacial score (nSPS) is 26.3. The molecular weight excluding hydrogens is 432 g/mol. The van der Waals surface area contributed by atoms with E-state index in [9.17, 15) is 35.1 Å². The minimum absolute atomic E-state index is 0.000211. The average molecular weight is 465 g/mol. The topological polar surface area (TPSA) is 161 Å². The molecular formula is C23H32N2O8. The predicted molar refractivity (Wildman–Crippen MR) is 118 cm³/mol. The second-order valence-corrected chi connectivity index (χ2v) is 8.42. The van der Waals surface area contributed by atoms with Gasteiger partial charge >= 0.3 is 5.97 Å². The number of aromatic nitrogens is 1. The van der Waals surface area contributed by atoms with Crippen LogP contribution in [0.2, 0.25) is 0 Å². The van der Waals surface area contributed by atoms with Crippen LogP contribution in [0, 0.1) is 0 Å². The summed E-state index contributed by atoms with van der Waals surface area (Å²) < 4.78 is 7.23. The van der Waals surface area contributed by atoms with Crippen molar-refractivity contribution in [2.75, 3.05) is 6.61 Å². The minimum atomic E-state index is -1.54. The zero-order valence-corrected chi connectivity index (χ0v) is 18.5. The fraction of sp³-hybridized carbons (Fsp3) is 0.565. The molecule has 1 aromatic heterocycles. The van der Waals surface area contributed by atoms with Crippen molar-refractivity contribution in [1.29, 1.82) is 0 Å². The second kappa shape index (κ2) is 11.1. The maximum absolute atomic E-state index is 12.2. The van der Waals surface area contributed by atoms with Crippen LogP contribution in [0.5, 0.6) is 0 Å². The highest BCUT2D eigenvalue weighted by atomic mass is 16.6. The molecule has 1 aliphatic heterocycles. The van der Waals surface area contributed by atoms with Crippen LogP contribution in [0.4, 0.5) is 0 Å². The van der Waals surface area contributed by atoms with E-state index >= 15 is 0 Å². The Morgan fingerprint density at radius 3 is 2.52 bits per heavy atom. The van der Waals surface area contributed by atoms with E-state index in [4.69, 9.17) is 4.74 Å². The lowest BCUT2D eigenvalue weighted by molar-refractivity contribution is -0.250. The number of amides is 1. The molecule has 10 heteroatoms. The van der Waals surface area contributed by atoms with Gasteiger partial charge in [0.25, 0.3) is 0 Å². The van der Waals surface area contributed by atoms with Crippen molar-refractivity contribution >= 4 is 22.8 Å². The molecule has 2 heterocycles. The predicted octanol–water partition coefficient (Wildman–Crippen LogP) is 0.306. The van der Waals surface area contributed by atoms with Gasteiger partial charge in [0.15, 0.2) is 6.23 Å². The fourth-order valence-electron chi connectivity index (χ4n) is 4.18. The number of nitrogens with one attached hydrogen (secondary N) is 1. The van der Waals surface area contributed by atoms with Crippen LogP contribution in [-0.2, 0) is 20.7 Å². The Labute approximate surface area is 191 Å². The summed E-state index contributed by atoms with van der Waals surface area (Å²) in [7, 11) is 0. The number of rotatable bonds is 10. The van der Waals surface area contributed by atoms with Crippen molar-refractivity contribution in [1.82, 2.24) is 9.88 Å². The SMILES string of the molecule is CCCCCC(=O)N[C@@H](Cc1cn([C@H]2O[C@@H](CO)[C@H](O)[C@H](O)[C@@H]2O)c2ccccc12)C(=O)O. The third-order valence-electron chi connectivity index (χ3n) is 6.03. The Morgan fingerprint density at radius 2 is 1.85 bits per heavy atom. The van der Waals surface area contributed by atoms with E-state index in [1.807, 2.05) is 6.92 Å². The molecule has 1 amide bonds. The zero-order chi connectivity index (χ0) is 24.1. The van der Waals surface area contributed by atoms with E-state index in [-0.39, 0.29) is 18.7 Å². The van der Waals surface area contributed by atoms with E-state index in [0.29, 0.717) is 22.9 Å². The van der Waals surface area contributed by atoms with Gasteiger partial charge in [0.1, 0.15) is 30.5 Å². The van der Waals surface area contributed by atoms with Crippen LogP contribution in [0.15, 0.2) is 30.5 Å². The number of fused-ring (bicyclic) bond motifs is 1. The van der Waals surface area contributed by atoms with Crippen LogP contribution in [0.25, 0.3) is 10.9 Å². The van der Waals surface area contributed by atoms with E-state index in [1.165, 1.54) is 0 Å². The molecule has 6 atom stereocenters. The van der Waals surface area contributed by atoms with Crippen LogP contribution in [0.3, 0.4) is 0 Å². The molecule has 3 rings (SSSR count). The van der Waals surface area contributed by atoms with Gasteiger partial charge in [-0.1, -0.05) is 38.0 Å². The molecule has 182 valence electrons. The molecule has 1 fully saturated rings. The summed E-state index contributed by atoms with van der Waals surface area (Å²) in [5.41, 5.74) is 1.21. The van der Waals surface area contributed by atoms with Crippen molar-refractivity contribution in [3.8, 4) is 0 Å². The lowest BCUT2D eigenvalue weighted by Crippen LogP contribution is -2.56. The molecule has 1 aromatic carbocycles. The molecule has 1 saturated heterocycles. The monoisotopic (exact) mass is 464 g/mol. The number of ether oxygens (including phenoxy) is 1. The average Bonchev–Trinajstić information content (AvgIpc) is 3.16. The molecule has 0 aliphatic carbocycles. The number of carboxylic acids is 1. The molecule has 6 N–H and O–H groups in total. The van der Waals surface area contributed by atoms with E-state index < -0.39 is 49.3 Å². The number of nitrogens with zero attached hydrogens (tertiary/aromatic N) is 1. The summed E-state index contributed by atoms with van der Waals surface area (Å²) in [5, 5.41) is 53.3. The summed E-state index contributed by atoms with van der Waals surface area (Å²) in [5.74, 6) is -1.49. The number of aliphatic carboxylic acids is 1. The lowest BCUT2D eigenvalue weighted by Gasteiger charge is -2.40. The number of hydrogen-bond donors (Lipinski definition) is 6. The number of carboxylic acid groups (broad SMARTS) is 1. The number of carbonyl (C=O) groups is 2. The summed E-state index contributed by atoms with van der Waals surface area (Å²) in [6.07, 6.45) is -2.32. The van der Waals surface area contributed by atoms with Crippen LogP contribution in [-0.4, -0.2) is 79.0 Å². The molecule has 0 unspecified atom stereocenters. The number of carbonyl (C=O) groups excluding carboxylic acids is 1. The maximum atomic E-state index is 12.2. The number of aliphatic hydroxyl groups is 4. The Hall–Kier alpha value is -2.50. The third kappa shape index (κ3) is 5.53. The van der Waals surface area contributed by atoms with E-state index in [2.05, 4.69) is 5.32 Å². The summed E-state index contributed by atoms with van der Waals surface area (Å²) >= 11 is 0. The molecule has 33 heavy (non-hydrogen) atoms. The molecule has 2 aromatic rings. The van der Waals surface area contributed by atoms with Crippen molar-refractivity contribution in [3.63, 3.8) is 0 Å². The summed E-state index contributed by atoms with van der Waals surface area (Å²) in [6.45, 7) is 1.46. The molecule has 0 saturated carbocycles. The van der Waals surface area contributed by atoms with Gasteiger partial charge in [-0.05, 0) is 18.1 Å². The first-order valence-electron chi connectivity index (χ1n) is 11.2. The molecule has 0 bridgehead atoms. The van der Waals surface area contributed by atoms with Crippen LogP contribution >= 0.6 is 0 Å². The highest BCUT2D eigenvalue weighted by molar-refractivity contribution is 5.87. The Bertz CT molecular complexity index is 959. The van der Waals surface area contributed by atoms with Gasteiger partial charge < -0.3 is 40.2 Å². The summed E-state index contributed by atoms with van der Waals surface area (Å²) in [4.78, 5) is 24.1. The Balaban J connectivity index is 1.89. The van der Waals surface area contributed by atoms with Crippen molar-refractivity contribution in [2.24, 2.45) is 0 Å². The van der Waals surface area contributed by atoms with Gasteiger partial charge in [-0.25, -0.2) is 4.79 Å². The van der Waals surface area contributed by atoms with Gasteiger partial charge in [0, 0.05) is 24.4 Å². The largest absolute Gasteiger partial charge is 0.480 e. The van der Waals surface area contributed by atoms with Gasteiger partial charge in [-0.15, -0.1) is 0 Å². The molecule has 0 radical (unpaired) electrons. The smallest absolute Gasteiger partial charge is 0.326 e. The van der Waals surface area contributed by atoms with E-state index in [1.54, 1.807) is 35.0 Å².